The highest BCUT2D eigenvalue weighted by Crippen LogP contribution is 2.25. The molecular formula is C25H31N3O4. The first-order valence-electron chi connectivity index (χ1n) is 11.5. The van der Waals surface area contributed by atoms with E-state index in [-0.39, 0.29) is 30.4 Å². The zero-order valence-corrected chi connectivity index (χ0v) is 18.4. The number of piperidine rings is 1. The molecule has 1 saturated carbocycles. The number of hydrogen-bond donors (Lipinski definition) is 1. The number of carbonyl (C=O) groups excluding carboxylic acids is 2. The number of rotatable bonds is 8. The molecule has 0 bridgehead atoms. The number of ether oxygens (including phenoxy) is 2. The van der Waals surface area contributed by atoms with Crippen LogP contribution in [0.3, 0.4) is 0 Å². The summed E-state index contributed by atoms with van der Waals surface area (Å²) in [6.07, 6.45) is 7.79. The minimum atomic E-state index is -0.0926. The predicted molar refractivity (Wildman–Crippen MR) is 120 cm³/mol. The SMILES string of the molecule is O=C(NCc1cccnc1OC1CCCC1)C1CCN(C(=O)COc2ccccc2)CC1. The van der Waals surface area contributed by atoms with E-state index in [1.165, 1.54) is 12.8 Å². The number of hydrogen-bond acceptors (Lipinski definition) is 5. The Bertz CT molecular complexity index is 891. The van der Waals surface area contributed by atoms with Crippen LogP contribution in [0.25, 0.3) is 0 Å². The third-order valence-electron chi connectivity index (χ3n) is 6.21. The first kappa shape index (κ1) is 22.1. The topological polar surface area (TPSA) is 80.8 Å². The molecule has 1 aromatic heterocycles. The number of nitrogens with one attached hydrogen (secondary N) is 1. The summed E-state index contributed by atoms with van der Waals surface area (Å²) in [4.78, 5) is 31.3. The lowest BCUT2D eigenvalue weighted by Crippen LogP contribution is -2.44. The zero-order valence-electron chi connectivity index (χ0n) is 18.4. The second-order valence-electron chi connectivity index (χ2n) is 8.47. The number of likely N-dealkylation sites (tertiary alicyclic amines) is 1. The fourth-order valence-corrected chi connectivity index (χ4v) is 4.30. The van der Waals surface area contributed by atoms with Crippen LogP contribution < -0.4 is 14.8 Å². The Hall–Kier alpha value is -3.09. The summed E-state index contributed by atoms with van der Waals surface area (Å²) in [5.41, 5.74) is 0.901. The average Bonchev–Trinajstić information content (AvgIpc) is 3.36. The van der Waals surface area contributed by atoms with Crippen LogP contribution in [0.4, 0.5) is 0 Å². The third-order valence-corrected chi connectivity index (χ3v) is 6.21. The highest BCUT2D eigenvalue weighted by atomic mass is 16.5. The van der Waals surface area contributed by atoms with Gasteiger partial charge in [0.25, 0.3) is 5.91 Å². The van der Waals surface area contributed by atoms with Crippen LogP contribution in [0.1, 0.15) is 44.1 Å². The van der Waals surface area contributed by atoms with E-state index in [2.05, 4.69) is 10.3 Å². The molecule has 0 spiro atoms. The second-order valence-corrected chi connectivity index (χ2v) is 8.47. The average molecular weight is 438 g/mol. The Balaban J connectivity index is 1.21. The van der Waals surface area contributed by atoms with E-state index < -0.39 is 0 Å². The maximum absolute atomic E-state index is 12.7. The minimum absolute atomic E-state index is 0.0195. The van der Waals surface area contributed by atoms with Gasteiger partial charge in [-0.15, -0.1) is 0 Å². The van der Waals surface area contributed by atoms with Crippen molar-refractivity contribution in [3.05, 3.63) is 54.2 Å². The maximum atomic E-state index is 12.7. The normalized spacial score (nSPS) is 17.2. The van der Waals surface area contributed by atoms with Gasteiger partial charge in [0, 0.05) is 37.3 Å². The Kier molecular flexibility index (Phi) is 7.59. The molecule has 2 amide bonds. The largest absolute Gasteiger partial charge is 0.484 e. The van der Waals surface area contributed by atoms with Crippen LogP contribution in [0.15, 0.2) is 48.7 Å². The molecule has 4 rings (SSSR count). The quantitative estimate of drug-likeness (QED) is 0.685. The van der Waals surface area contributed by atoms with E-state index in [4.69, 9.17) is 9.47 Å². The van der Waals surface area contributed by atoms with Gasteiger partial charge in [0.05, 0.1) is 0 Å². The number of carbonyl (C=O) groups is 2. The highest BCUT2D eigenvalue weighted by molar-refractivity contribution is 5.80. The van der Waals surface area contributed by atoms with Gasteiger partial charge < -0.3 is 19.7 Å². The minimum Gasteiger partial charge on any atom is -0.484 e. The van der Waals surface area contributed by atoms with Crippen molar-refractivity contribution in [1.82, 2.24) is 15.2 Å². The maximum Gasteiger partial charge on any atom is 0.260 e. The molecule has 0 atom stereocenters. The van der Waals surface area contributed by atoms with Crippen LogP contribution in [-0.2, 0) is 16.1 Å². The Morgan fingerprint density at radius 2 is 1.75 bits per heavy atom. The number of aromatic nitrogens is 1. The van der Waals surface area contributed by atoms with Crippen molar-refractivity contribution in [1.29, 1.82) is 0 Å². The third kappa shape index (κ3) is 5.99. The van der Waals surface area contributed by atoms with Crippen LogP contribution in [0, 0.1) is 5.92 Å². The fraction of sp³-hybridized carbons (Fsp3) is 0.480. The molecule has 1 aliphatic carbocycles. The lowest BCUT2D eigenvalue weighted by atomic mass is 9.96. The molecule has 32 heavy (non-hydrogen) atoms. The second kappa shape index (κ2) is 11.0. The molecule has 170 valence electrons. The standard InChI is InChI=1S/C25H31N3O4/c29-23(18-31-21-8-2-1-3-9-21)28-15-12-19(13-16-28)24(30)27-17-20-7-6-14-26-25(20)32-22-10-4-5-11-22/h1-3,6-9,14,19,22H,4-5,10-13,15-18H2,(H,27,30). The first-order valence-corrected chi connectivity index (χ1v) is 11.5. The van der Waals surface area contributed by atoms with E-state index >= 15 is 0 Å². The van der Waals surface area contributed by atoms with Crippen LogP contribution in [0.2, 0.25) is 0 Å². The lowest BCUT2D eigenvalue weighted by Gasteiger charge is -2.31. The van der Waals surface area contributed by atoms with E-state index in [9.17, 15) is 9.59 Å². The molecule has 1 aliphatic heterocycles. The Labute approximate surface area is 189 Å². The summed E-state index contributed by atoms with van der Waals surface area (Å²) >= 11 is 0. The van der Waals surface area contributed by atoms with Gasteiger partial charge in [-0.1, -0.05) is 24.3 Å². The summed E-state index contributed by atoms with van der Waals surface area (Å²) < 4.78 is 11.6. The smallest absolute Gasteiger partial charge is 0.260 e. The zero-order chi connectivity index (χ0) is 22.2. The Morgan fingerprint density at radius 1 is 1.00 bits per heavy atom. The van der Waals surface area contributed by atoms with E-state index in [1.807, 2.05) is 42.5 Å². The van der Waals surface area contributed by atoms with Crippen LogP contribution >= 0.6 is 0 Å². The van der Waals surface area contributed by atoms with E-state index in [0.717, 1.165) is 18.4 Å². The summed E-state index contributed by atoms with van der Waals surface area (Å²) in [6, 6.07) is 13.1. The van der Waals surface area contributed by atoms with Crippen molar-refractivity contribution in [2.45, 2.75) is 51.2 Å². The Morgan fingerprint density at radius 3 is 2.50 bits per heavy atom. The van der Waals surface area contributed by atoms with Gasteiger partial charge in [-0.2, -0.15) is 0 Å². The molecule has 7 heteroatoms. The molecular weight excluding hydrogens is 406 g/mol. The van der Waals surface area contributed by atoms with Gasteiger partial charge in [-0.25, -0.2) is 4.98 Å². The lowest BCUT2D eigenvalue weighted by molar-refractivity contribution is -0.137. The van der Waals surface area contributed by atoms with E-state index in [1.54, 1.807) is 11.1 Å². The highest BCUT2D eigenvalue weighted by Gasteiger charge is 2.27. The van der Waals surface area contributed by atoms with E-state index in [0.29, 0.717) is 44.1 Å². The van der Waals surface area contributed by atoms with Gasteiger partial charge in [0.1, 0.15) is 11.9 Å². The molecule has 2 fully saturated rings. The number of benzene rings is 1. The summed E-state index contributed by atoms with van der Waals surface area (Å²) in [7, 11) is 0. The molecule has 1 N–H and O–H groups in total. The van der Waals surface area contributed by atoms with Gasteiger partial charge in [-0.05, 0) is 56.7 Å². The van der Waals surface area contributed by atoms with Crippen molar-refractivity contribution >= 4 is 11.8 Å². The molecule has 2 aliphatic rings. The molecule has 0 unspecified atom stereocenters. The molecule has 2 aromatic rings. The molecule has 2 heterocycles. The van der Waals surface area contributed by atoms with Crippen molar-refractivity contribution in [2.75, 3.05) is 19.7 Å². The number of amides is 2. The summed E-state index contributed by atoms with van der Waals surface area (Å²) in [5, 5.41) is 3.04. The van der Waals surface area contributed by atoms with Gasteiger partial charge in [0.15, 0.2) is 6.61 Å². The fourth-order valence-electron chi connectivity index (χ4n) is 4.30. The first-order chi connectivity index (χ1) is 15.7. The molecule has 1 saturated heterocycles. The van der Waals surface area contributed by atoms with Crippen molar-refractivity contribution in [3.8, 4) is 11.6 Å². The van der Waals surface area contributed by atoms with Crippen molar-refractivity contribution < 1.29 is 19.1 Å². The number of nitrogens with zero attached hydrogens (tertiary/aromatic N) is 2. The monoisotopic (exact) mass is 437 g/mol. The predicted octanol–water partition coefficient (Wildman–Crippen LogP) is 3.34. The van der Waals surface area contributed by atoms with Crippen LogP contribution in [0.5, 0.6) is 11.6 Å². The van der Waals surface area contributed by atoms with Crippen molar-refractivity contribution in [2.24, 2.45) is 5.92 Å². The van der Waals surface area contributed by atoms with Gasteiger partial charge >= 0.3 is 0 Å². The molecule has 1 aromatic carbocycles. The molecule has 0 radical (unpaired) electrons. The van der Waals surface area contributed by atoms with Crippen LogP contribution in [-0.4, -0.2) is 47.5 Å². The number of para-hydroxylation sites is 1. The summed E-state index contributed by atoms with van der Waals surface area (Å²) in [6.45, 7) is 1.56. The number of pyridine rings is 1. The van der Waals surface area contributed by atoms with Gasteiger partial charge in [0.2, 0.25) is 11.8 Å². The van der Waals surface area contributed by atoms with Crippen molar-refractivity contribution in [3.63, 3.8) is 0 Å². The summed E-state index contributed by atoms with van der Waals surface area (Å²) in [5.74, 6) is 1.19. The van der Waals surface area contributed by atoms with Gasteiger partial charge in [-0.3, -0.25) is 9.59 Å². The molecule has 7 nitrogen and oxygen atoms in total.